The van der Waals surface area contributed by atoms with Crippen molar-refractivity contribution in [2.75, 3.05) is 0 Å². The van der Waals surface area contributed by atoms with Gasteiger partial charge in [-0.25, -0.2) is 9.97 Å². The Kier molecular flexibility index (Phi) is 2.57. The van der Waals surface area contributed by atoms with Crippen LogP contribution in [0, 0.1) is 6.92 Å². The molecule has 0 spiro atoms. The SMILES string of the molecule is Cc1nc2cc(CC(N)C(=O)O)cnc2o1. The number of hydrogen-bond donors (Lipinski definition) is 2. The highest BCUT2D eigenvalue weighted by molar-refractivity contribution is 5.74. The second-order valence-corrected chi connectivity index (χ2v) is 3.55. The fraction of sp³-hybridized carbons (Fsp3) is 0.300. The van der Waals surface area contributed by atoms with Gasteiger partial charge in [-0.05, 0) is 18.1 Å². The minimum atomic E-state index is -1.03. The standard InChI is InChI=1S/C10H11N3O3/c1-5-13-8-3-6(2-7(11)10(14)15)4-12-9(8)16-5/h3-4,7H,2,11H2,1H3,(H,14,15). The molecule has 0 bridgehead atoms. The lowest BCUT2D eigenvalue weighted by atomic mass is 10.1. The predicted octanol–water partition coefficient (Wildman–Crippen LogP) is 0.486. The Balaban J connectivity index is 2.28. The summed E-state index contributed by atoms with van der Waals surface area (Å²) in [7, 11) is 0. The molecule has 0 aromatic carbocycles. The molecule has 1 atom stereocenters. The van der Waals surface area contributed by atoms with Gasteiger partial charge in [0.2, 0.25) is 5.71 Å². The molecule has 0 amide bonds. The van der Waals surface area contributed by atoms with Crippen molar-refractivity contribution in [3.05, 3.63) is 23.7 Å². The van der Waals surface area contributed by atoms with Crippen LogP contribution in [0.1, 0.15) is 11.5 Å². The molecule has 2 rings (SSSR count). The van der Waals surface area contributed by atoms with Gasteiger partial charge < -0.3 is 15.3 Å². The fourth-order valence-corrected chi connectivity index (χ4v) is 1.43. The average molecular weight is 221 g/mol. The van der Waals surface area contributed by atoms with E-state index in [0.717, 1.165) is 5.56 Å². The molecular formula is C10H11N3O3. The smallest absolute Gasteiger partial charge is 0.320 e. The summed E-state index contributed by atoms with van der Waals surface area (Å²) in [6.07, 6.45) is 1.78. The maximum absolute atomic E-state index is 10.6. The summed E-state index contributed by atoms with van der Waals surface area (Å²) in [5.74, 6) is -0.501. The van der Waals surface area contributed by atoms with E-state index in [1.165, 1.54) is 0 Å². The Morgan fingerprint density at radius 3 is 3.12 bits per heavy atom. The van der Waals surface area contributed by atoms with Crippen LogP contribution in [0.2, 0.25) is 0 Å². The molecule has 0 saturated carbocycles. The van der Waals surface area contributed by atoms with Crippen LogP contribution >= 0.6 is 0 Å². The number of aliphatic carboxylic acids is 1. The Hall–Kier alpha value is -1.95. The number of nitrogens with two attached hydrogens (primary N) is 1. The molecule has 0 aliphatic heterocycles. The maximum atomic E-state index is 10.6. The number of carbonyl (C=O) groups is 1. The molecule has 1 unspecified atom stereocenters. The van der Waals surface area contributed by atoms with Gasteiger partial charge in [0.25, 0.3) is 0 Å². The van der Waals surface area contributed by atoms with E-state index in [4.69, 9.17) is 15.3 Å². The second kappa shape index (κ2) is 3.90. The van der Waals surface area contributed by atoms with Gasteiger partial charge in [0, 0.05) is 13.1 Å². The van der Waals surface area contributed by atoms with Crippen molar-refractivity contribution in [1.82, 2.24) is 9.97 Å². The third-order valence-corrected chi connectivity index (χ3v) is 2.18. The van der Waals surface area contributed by atoms with Crippen LogP contribution in [0.25, 0.3) is 11.2 Å². The van der Waals surface area contributed by atoms with E-state index in [1.54, 1.807) is 19.2 Å². The molecule has 6 nitrogen and oxygen atoms in total. The Morgan fingerprint density at radius 1 is 1.69 bits per heavy atom. The van der Waals surface area contributed by atoms with E-state index in [1.807, 2.05) is 0 Å². The van der Waals surface area contributed by atoms with Gasteiger partial charge in [-0.15, -0.1) is 0 Å². The molecule has 3 N–H and O–H groups in total. The number of aromatic nitrogens is 2. The molecule has 2 aromatic heterocycles. The van der Waals surface area contributed by atoms with Gasteiger partial charge in [0.1, 0.15) is 11.6 Å². The summed E-state index contributed by atoms with van der Waals surface area (Å²) >= 11 is 0. The zero-order valence-corrected chi connectivity index (χ0v) is 8.67. The number of rotatable bonds is 3. The molecule has 0 aliphatic rings. The number of carboxylic acids is 1. The third kappa shape index (κ3) is 2.01. The number of nitrogens with zero attached hydrogens (tertiary/aromatic N) is 2. The van der Waals surface area contributed by atoms with Crippen LogP contribution in [0.4, 0.5) is 0 Å². The van der Waals surface area contributed by atoms with Crippen molar-refractivity contribution >= 4 is 17.2 Å². The Bertz CT molecular complexity index is 535. The number of aryl methyl sites for hydroxylation is 1. The first-order valence-corrected chi connectivity index (χ1v) is 4.76. The van der Waals surface area contributed by atoms with Gasteiger partial charge in [0.15, 0.2) is 5.89 Å². The van der Waals surface area contributed by atoms with Crippen molar-refractivity contribution in [3.63, 3.8) is 0 Å². The third-order valence-electron chi connectivity index (χ3n) is 2.18. The normalized spacial score (nSPS) is 12.9. The topological polar surface area (TPSA) is 102 Å². The van der Waals surface area contributed by atoms with E-state index in [2.05, 4.69) is 9.97 Å². The molecular weight excluding hydrogens is 210 g/mol. The van der Waals surface area contributed by atoms with Gasteiger partial charge >= 0.3 is 5.97 Å². The lowest BCUT2D eigenvalue weighted by molar-refractivity contribution is -0.138. The minimum Gasteiger partial charge on any atom is -0.480 e. The van der Waals surface area contributed by atoms with E-state index in [9.17, 15) is 4.79 Å². The summed E-state index contributed by atoms with van der Waals surface area (Å²) in [5, 5.41) is 8.68. The van der Waals surface area contributed by atoms with Gasteiger partial charge in [-0.2, -0.15) is 0 Å². The molecule has 2 heterocycles. The van der Waals surface area contributed by atoms with Crippen LogP contribution in [0.3, 0.4) is 0 Å². The van der Waals surface area contributed by atoms with Crippen LogP contribution in [0.15, 0.2) is 16.7 Å². The number of fused-ring (bicyclic) bond motifs is 1. The van der Waals surface area contributed by atoms with E-state index < -0.39 is 12.0 Å². The molecule has 6 heteroatoms. The molecule has 0 fully saturated rings. The van der Waals surface area contributed by atoms with Crippen molar-refractivity contribution in [1.29, 1.82) is 0 Å². The summed E-state index contributed by atoms with van der Waals surface area (Å²) in [6.45, 7) is 1.73. The van der Waals surface area contributed by atoms with E-state index in [-0.39, 0.29) is 6.42 Å². The van der Waals surface area contributed by atoms with E-state index >= 15 is 0 Å². The summed E-state index contributed by atoms with van der Waals surface area (Å²) in [6, 6.07) is 0.814. The number of hydrogen-bond acceptors (Lipinski definition) is 5. The molecule has 2 aromatic rings. The Morgan fingerprint density at radius 2 is 2.44 bits per heavy atom. The van der Waals surface area contributed by atoms with Crippen LogP contribution in [-0.4, -0.2) is 27.1 Å². The van der Waals surface area contributed by atoms with E-state index in [0.29, 0.717) is 17.1 Å². The van der Waals surface area contributed by atoms with Gasteiger partial charge in [0.05, 0.1) is 0 Å². The molecule has 84 valence electrons. The van der Waals surface area contributed by atoms with Crippen molar-refractivity contribution < 1.29 is 14.3 Å². The molecule has 0 radical (unpaired) electrons. The molecule has 0 aliphatic carbocycles. The van der Waals surface area contributed by atoms with Crippen LogP contribution < -0.4 is 5.73 Å². The van der Waals surface area contributed by atoms with Crippen molar-refractivity contribution in [3.8, 4) is 0 Å². The fourth-order valence-electron chi connectivity index (χ4n) is 1.43. The Labute approximate surface area is 91.1 Å². The monoisotopic (exact) mass is 221 g/mol. The predicted molar refractivity (Wildman–Crippen MR) is 55.9 cm³/mol. The highest BCUT2D eigenvalue weighted by Gasteiger charge is 2.13. The number of oxazole rings is 1. The first kappa shape index (κ1) is 10.6. The number of carboxylic acid groups (broad SMARTS) is 1. The number of pyridine rings is 1. The first-order valence-electron chi connectivity index (χ1n) is 4.76. The van der Waals surface area contributed by atoms with Crippen molar-refractivity contribution in [2.45, 2.75) is 19.4 Å². The summed E-state index contributed by atoms with van der Waals surface area (Å²) in [5.41, 5.74) is 7.23. The molecule has 16 heavy (non-hydrogen) atoms. The lowest BCUT2D eigenvalue weighted by Gasteiger charge is -2.04. The van der Waals surface area contributed by atoms with Gasteiger partial charge in [-0.1, -0.05) is 0 Å². The average Bonchev–Trinajstić information content (AvgIpc) is 2.57. The minimum absolute atomic E-state index is 0.226. The van der Waals surface area contributed by atoms with Crippen molar-refractivity contribution in [2.24, 2.45) is 5.73 Å². The van der Waals surface area contributed by atoms with Crippen LogP contribution in [0.5, 0.6) is 0 Å². The lowest BCUT2D eigenvalue weighted by Crippen LogP contribution is -2.32. The van der Waals surface area contributed by atoms with Crippen LogP contribution in [-0.2, 0) is 11.2 Å². The zero-order chi connectivity index (χ0) is 11.7. The molecule has 0 saturated heterocycles. The second-order valence-electron chi connectivity index (χ2n) is 3.55. The quantitative estimate of drug-likeness (QED) is 0.781. The van der Waals surface area contributed by atoms with Gasteiger partial charge in [-0.3, -0.25) is 4.79 Å². The summed E-state index contributed by atoms with van der Waals surface area (Å²) in [4.78, 5) is 18.7. The largest absolute Gasteiger partial charge is 0.480 e. The zero-order valence-electron chi connectivity index (χ0n) is 8.67. The maximum Gasteiger partial charge on any atom is 0.320 e. The summed E-state index contributed by atoms with van der Waals surface area (Å²) < 4.78 is 5.21. The highest BCUT2D eigenvalue weighted by atomic mass is 16.4. The highest BCUT2D eigenvalue weighted by Crippen LogP contribution is 2.14. The first-order chi connectivity index (χ1) is 7.56.